The zero-order chi connectivity index (χ0) is 19.5. The summed E-state index contributed by atoms with van der Waals surface area (Å²) in [5.74, 6) is -0.848. The number of hydrogen-bond donors (Lipinski definition) is 3. The molecule has 0 aromatic carbocycles. The highest BCUT2D eigenvalue weighted by molar-refractivity contribution is 5.74. The van der Waals surface area contributed by atoms with Gasteiger partial charge in [0.2, 0.25) is 0 Å². The second kappa shape index (κ2) is 7.73. The molecular formula is C16H25N5O5. The van der Waals surface area contributed by atoms with Crippen molar-refractivity contribution in [3.8, 4) is 0 Å². The van der Waals surface area contributed by atoms with E-state index in [0.29, 0.717) is 13.1 Å². The van der Waals surface area contributed by atoms with Crippen molar-refractivity contribution < 1.29 is 19.4 Å². The number of aromatic nitrogens is 2. The van der Waals surface area contributed by atoms with E-state index in [1.54, 1.807) is 25.7 Å². The molecule has 0 bridgehead atoms. The van der Waals surface area contributed by atoms with Crippen LogP contribution in [0.4, 0.5) is 10.6 Å². The maximum absolute atomic E-state index is 12.0. The molecule has 2 atom stereocenters. The molecule has 1 aromatic heterocycles. The summed E-state index contributed by atoms with van der Waals surface area (Å²) in [5.41, 5.74) is 4.38. The fourth-order valence-electron chi connectivity index (χ4n) is 2.90. The van der Waals surface area contributed by atoms with E-state index in [9.17, 15) is 19.5 Å². The first-order chi connectivity index (χ1) is 12.1. The number of hydrogen-bond acceptors (Lipinski definition) is 7. The van der Waals surface area contributed by atoms with Crippen LogP contribution in [0.3, 0.4) is 0 Å². The molecule has 1 aromatic rings. The SMILES string of the molecule is CC(C)(C)OC(=O)NCCN1C[C@@H](n2ccc(N)nc2=O)CC1C(=O)O. The number of alkyl carbamates (subject to hydrolysis) is 1. The summed E-state index contributed by atoms with van der Waals surface area (Å²) in [6, 6.07) is 0.437. The monoisotopic (exact) mass is 367 g/mol. The molecule has 1 unspecified atom stereocenters. The number of ether oxygens (including phenoxy) is 1. The topological polar surface area (TPSA) is 140 Å². The lowest BCUT2D eigenvalue weighted by Crippen LogP contribution is -2.42. The molecule has 0 aliphatic carbocycles. The number of rotatable bonds is 5. The van der Waals surface area contributed by atoms with E-state index in [1.807, 2.05) is 0 Å². The molecule has 1 amide bonds. The molecule has 1 aliphatic heterocycles. The number of carboxylic acids is 1. The van der Waals surface area contributed by atoms with Crippen molar-refractivity contribution in [2.45, 2.75) is 44.9 Å². The van der Waals surface area contributed by atoms with Crippen LogP contribution in [0.1, 0.15) is 33.2 Å². The van der Waals surface area contributed by atoms with Crippen molar-refractivity contribution in [1.82, 2.24) is 19.8 Å². The molecule has 1 aliphatic rings. The van der Waals surface area contributed by atoms with Crippen LogP contribution in [-0.4, -0.2) is 62.9 Å². The Labute approximate surface area is 150 Å². The van der Waals surface area contributed by atoms with Crippen LogP contribution in [0.25, 0.3) is 0 Å². The lowest BCUT2D eigenvalue weighted by molar-refractivity contribution is -0.142. The van der Waals surface area contributed by atoms with Crippen LogP contribution in [-0.2, 0) is 9.53 Å². The number of nitrogens with zero attached hydrogens (tertiary/aromatic N) is 3. The minimum Gasteiger partial charge on any atom is -0.480 e. The Hall–Kier alpha value is -2.62. The Morgan fingerprint density at radius 3 is 2.73 bits per heavy atom. The summed E-state index contributed by atoms with van der Waals surface area (Å²) in [4.78, 5) is 40.6. The molecule has 0 radical (unpaired) electrons. The summed E-state index contributed by atoms with van der Waals surface area (Å²) >= 11 is 0. The molecule has 0 spiro atoms. The van der Waals surface area contributed by atoms with Crippen LogP contribution in [0.2, 0.25) is 0 Å². The van der Waals surface area contributed by atoms with Crippen LogP contribution in [0.15, 0.2) is 17.1 Å². The van der Waals surface area contributed by atoms with Crippen LogP contribution in [0, 0.1) is 0 Å². The van der Waals surface area contributed by atoms with E-state index in [0.717, 1.165) is 0 Å². The zero-order valence-corrected chi connectivity index (χ0v) is 15.1. The number of aliphatic carboxylic acids is 1. The lowest BCUT2D eigenvalue weighted by Gasteiger charge is -2.23. The fourth-order valence-corrected chi connectivity index (χ4v) is 2.90. The summed E-state index contributed by atoms with van der Waals surface area (Å²) in [5, 5.41) is 12.1. The average molecular weight is 367 g/mol. The Kier molecular flexibility index (Phi) is 5.86. The summed E-state index contributed by atoms with van der Waals surface area (Å²) in [7, 11) is 0. The van der Waals surface area contributed by atoms with E-state index in [4.69, 9.17) is 10.5 Å². The minimum absolute atomic E-state index is 0.123. The van der Waals surface area contributed by atoms with Gasteiger partial charge in [-0.15, -0.1) is 0 Å². The number of nitrogens with one attached hydrogen (secondary N) is 1. The summed E-state index contributed by atoms with van der Waals surface area (Å²) in [6.07, 6.45) is 1.24. The Balaban J connectivity index is 1.98. The third-order valence-corrected chi connectivity index (χ3v) is 3.98. The highest BCUT2D eigenvalue weighted by Crippen LogP contribution is 2.26. The maximum atomic E-state index is 12.0. The highest BCUT2D eigenvalue weighted by atomic mass is 16.6. The molecule has 1 fully saturated rings. The Morgan fingerprint density at radius 1 is 1.46 bits per heavy atom. The third-order valence-electron chi connectivity index (χ3n) is 3.98. The van der Waals surface area contributed by atoms with Gasteiger partial charge in [0.15, 0.2) is 0 Å². The third kappa shape index (κ3) is 5.19. The van der Waals surface area contributed by atoms with Crippen LogP contribution < -0.4 is 16.7 Å². The first kappa shape index (κ1) is 19.7. The van der Waals surface area contributed by atoms with E-state index in [2.05, 4.69) is 10.3 Å². The van der Waals surface area contributed by atoms with E-state index < -0.39 is 29.4 Å². The van der Waals surface area contributed by atoms with Crippen molar-refractivity contribution in [1.29, 1.82) is 0 Å². The second-order valence-corrected chi connectivity index (χ2v) is 7.21. The van der Waals surface area contributed by atoms with Gasteiger partial charge < -0.3 is 20.9 Å². The van der Waals surface area contributed by atoms with Crippen molar-refractivity contribution in [2.75, 3.05) is 25.4 Å². The van der Waals surface area contributed by atoms with Gasteiger partial charge in [-0.05, 0) is 33.3 Å². The molecule has 10 nitrogen and oxygen atoms in total. The quantitative estimate of drug-likeness (QED) is 0.663. The van der Waals surface area contributed by atoms with Gasteiger partial charge in [-0.3, -0.25) is 14.3 Å². The van der Waals surface area contributed by atoms with Crippen molar-refractivity contribution in [2.24, 2.45) is 0 Å². The molecule has 1 saturated heterocycles. The zero-order valence-electron chi connectivity index (χ0n) is 15.1. The molecule has 2 rings (SSSR count). The highest BCUT2D eigenvalue weighted by Gasteiger charge is 2.37. The molecular weight excluding hydrogens is 342 g/mol. The number of likely N-dealkylation sites (tertiary alicyclic amines) is 1. The van der Waals surface area contributed by atoms with Gasteiger partial charge >= 0.3 is 17.8 Å². The number of carbonyl (C=O) groups excluding carboxylic acids is 1. The van der Waals surface area contributed by atoms with Crippen LogP contribution >= 0.6 is 0 Å². The lowest BCUT2D eigenvalue weighted by atomic mass is 10.1. The number of carbonyl (C=O) groups is 2. The van der Waals surface area contributed by atoms with Crippen molar-refractivity contribution in [3.05, 3.63) is 22.7 Å². The summed E-state index contributed by atoms with van der Waals surface area (Å²) in [6.45, 7) is 6.20. The number of nitrogens with two attached hydrogens (primary N) is 1. The molecule has 4 N–H and O–H groups in total. The number of carboxylic acid groups (broad SMARTS) is 1. The van der Waals surface area contributed by atoms with Crippen molar-refractivity contribution in [3.63, 3.8) is 0 Å². The molecule has 26 heavy (non-hydrogen) atoms. The average Bonchev–Trinajstić information content (AvgIpc) is 2.89. The van der Waals surface area contributed by atoms with Gasteiger partial charge in [-0.25, -0.2) is 9.59 Å². The smallest absolute Gasteiger partial charge is 0.407 e. The number of nitrogen functional groups attached to an aromatic ring is 1. The minimum atomic E-state index is -0.971. The normalized spacial score (nSPS) is 20.7. The maximum Gasteiger partial charge on any atom is 0.407 e. The molecule has 0 saturated carbocycles. The first-order valence-corrected chi connectivity index (χ1v) is 8.35. The number of amides is 1. The van der Waals surface area contributed by atoms with Gasteiger partial charge in [0.1, 0.15) is 17.5 Å². The summed E-state index contributed by atoms with van der Waals surface area (Å²) < 4.78 is 6.54. The number of anilines is 1. The van der Waals surface area contributed by atoms with Gasteiger partial charge in [0.05, 0.1) is 6.04 Å². The van der Waals surface area contributed by atoms with E-state index >= 15 is 0 Å². The fraction of sp³-hybridized carbons (Fsp3) is 0.625. The van der Waals surface area contributed by atoms with E-state index in [-0.39, 0.29) is 24.8 Å². The Morgan fingerprint density at radius 2 is 2.15 bits per heavy atom. The van der Waals surface area contributed by atoms with Gasteiger partial charge in [-0.2, -0.15) is 4.98 Å². The van der Waals surface area contributed by atoms with Crippen LogP contribution in [0.5, 0.6) is 0 Å². The van der Waals surface area contributed by atoms with E-state index in [1.165, 1.54) is 16.8 Å². The Bertz CT molecular complexity index is 726. The molecule has 144 valence electrons. The van der Waals surface area contributed by atoms with Crippen molar-refractivity contribution >= 4 is 17.9 Å². The predicted octanol–water partition coefficient (Wildman–Crippen LogP) is 0.0502. The van der Waals surface area contributed by atoms with Gasteiger partial charge in [-0.1, -0.05) is 0 Å². The van der Waals surface area contributed by atoms with Gasteiger partial charge in [0, 0.05) is 25.8 Å². The second-order valence-electron chi connectivity index (χ2n) is 7.21. The molecule has 10 heteroatoms. The first-order valence-electron chi connectivity index (χ1n) is 8.35. The predicted molar refractivity (Wildman–Crippen MR) is 93.8 cm³/mol. The van der Waals surface area contributed by atoms with Gasteiger partial charge in [0.25, 0.3) is 0 Å². The molecule has 2 heterocycles. The standard InChI is InChI=1S/C16H25N5O5/c1-16(2,3)26-15(25)18-5-7-20-9-10(8-11(20)13(22)23)21-6-4-12(17)19-14(21)24/h4,6,10-11H,5,7-9H2,1-3H3,(H,18,25)(H,22,23)(H2,17,19,24)/t10-,11?/m0/s1. The largest absolute Gasteiger partial charge is 0.480 e.